The second kappa shape index (κ2) is 12.2. The number of aliphatic hydroxyl groups excluding tert-OH is 1. The van der Waals surface area contributed by atoms with E-state index >= 15 is 0 Å². The highest BCUT2D eigenvalue weighted by molar-refractivity contribution is 8.29. The third-order valence-electron chi connectivity index (χ3n) is 7.75. The van der Waals surface area contributed by atoms with Gasteiger partial charge in [0.25, 0.3) is 0 Å². The lowest BCUT2D eigenvalue weighted by Crippen LogP contribution is -2.51. The first-order valence-electron chi connectivity index (χ1n) is 13.3. The Morgan fingerprint density at radius 1 is 1.23 bits per heavy atom. The minimum atomic E-state index is -2.48. The summed E-state index contributed by atoms with van der Waals surface area (Å²) in [5, 5.41) is 22.3. The first-order valence-corrected chi connectivity index (χ1v) is 15.3. The van der Waals surface area contributed by atoms with E-state index in [9.17, 15) is 24.4 Å². The summed E-state index contributed by atoms with van der Waals surface area (Å²) in [6.07, 6.45) is 4.16. The molecule has 1 amide bonds. The van der Waals surface area contributed by atoms with Crippen molar-refractivity contribution >= 4 is 22.2 Å². The van der Waals surface area contributed by atoms with Gasteiger partial charge in [0.1, 0.15) is 12.5 Å². The number of ether oxygens (including phenoxy) is 3. The van der Waals surface area contributed by atoms with Crippen LogP contribution in [-0.4, -0.2) is 87.2 Å². The Morgan fingerprint density at radius 3 is 2.56 bits per heavy atom. The smallest absolute Gasteiger partial charge is 0.217 e. The first kappa shape index (κ1) is 29.9. The van der Waals surface area contributed by atoms with Crippen molar-refractivity contribution < 1.29 is 38.6 Å². The summed E-state index contributed by atoms with van der Waals surface area (Å²) in [7, 11) is -2.48. The van der Waals surface area contributed by atoms with E-state index in [1.165, 1.54) is 0 Å². The van der Waals surface area contributed by atoms with Gasteiger partial charge in [0.2, 0.25) is 12.3 Å². The van der Waals surface area contributed by atoms with Crippen LogP contribution in [0.25, 0.3) is 0 Å². The van der Waals surface area contributed by atoms with Crippen molar-refractivity contribution in [3.63, 3.8) is 0 Å². The van der Waals surface area contributed by atoms with Crippen molar-refractivity contribution in [2.75, 3.05) is 26.2 Å². The number of hydrogen-bond acceptors (Lipinski definition) is 10. The van der Waals surface area contributed by atoms with Crippen LogP contribution in [0.4, 0.5) is 0 Å². The zero-order chi connectivity index (χ0) is 28.4. The fourth-order valence-corrected chi connectivity index (χ4v) is 7.90. The number of rotatable bonds is 14. The number of primary amides is 1. The van der Waals surface area contributed by atoms with Crippen molar-refractivity contribution in [2.24, 2.45) is 5.73 Å². The second-order valence-electron chi connectivity index (χ2n) is 10.8. The molecule has 4 rings (SSSR count). The Bertz CT molecular complexity index is 1060. The molecule has 5 atom stereocenters. The number of carbonyl (C=O) groups is 2. The first-order chi connectivity index (χ1) is 18.4. The Hall–Kier alpha value is -2.03. The summed E-state index contributed by atoms with van der Waals surface area (Å²) in [6, 6.07) is 7.13. The van der Waals surface area contributed by atoms with E-state index in [2.05, 4.69) is 5.32 Å². The number of carbonyl (C=O) groups excluding carboxylic acids is 2. The van der Waals surface area contributed by atoms with Gasteiger partial charge >= 0.3 is 0 Å². The molecule has 1 aliphatic heterocycles. The van der Waals surface area contributed by atoms with Gasteiger partial charge in [-0.1, -0.05) is 28.7 Å². The van der Waals surface area contributed by atoms with Crippen LogP contribution in [0.15, 0.2) is 35.2 Å². The van der Waals surface area contributed by atoms with E-state index in [1.54, 1.807) is 18.4 Å². The minimum absolute atomic E-state index is 0.00394. The number of Topliss-reactive ketones (excluding diaryl/α,β-unsaturated/α-hetero) is 1. The van der Waals surface area contributed by atoms with Crippen LogP contribution in [0.1, 0.15) is 57.4 Å². The van der Waals surface area contributed by atoms with Crippen LogP contribution in [0.5, 0.6) is 5.75 Å². The number of aliphatic hydroxyl groups is 2. The van der Waals surface area contributed by atoms with E-state index in [-0.39, 0.29) is 55.6 Å². The maximum atomic E-state index is 13.8. The summed E-state index contributed by atoms with van der Waals surface area (Å²) < 4.78 is 30.5. The highest BCUT2D eigenvalue weighted by atomic mass is 32.3. The van der Waals surface area contributed by atoms with Crippen LogP contribution < -0.4 is 15.8 Å². The fraction of sp³-hybridized carbons (Fsp3) is 0.630. The molecule has 1 aromatic carbocycles. The maximum Gasteiger partial charge on any atom is 0.217 e. The van der Waals surface area contributed by atoms with Gasteiger partial charge in [-0.15, -0.1) is 0 Å². The van der Waals surface area contributed by atoms with Crippen molar-refractivity contribution in [3.05, 3.63) is 40.8 Å². The molecule has 5 unspecified atom stereocenters. The number of ketones is 1. The van der Waals surface area contributed by atoms with E-state index in [1.807, 2.05) is 36.4 Å². The minimum Gasteiger partial charge on any atom is -0.494 e. The number of hydrogen-bond donors (Lipinski definition) is 5. The van der Waals surface area contributed by atoms with Crippen molar-refractivity contribution in [1.82, 2.24) is 9.62 Å². The normalized spacial score (nSPS) is 28.6. The van der Waals surface area contributed by atoms with E-state index in [0.717, 1.165) is 10.5 Å². The standard InChI is InChI=1S/C27H41N3O8S/c1-17(2)30(39(3,35)20-10-11-22-23(13-20)38-16-37-22)15-24(31)27(29-26(33)34)14-21(27)18-6-8-19(9-7-18)36-12-4-5-25(28)32/h6-10,17,21-23,26,29,33-35H,4-5,11-16H2,1-3H3,(H2,28,32). The summed E-state index contributed by atoms with van der Waals surface area (Å²) in [4.78, 5) is 25.6. The number of fused-ring (bicyclic) bond motifs is 1. The lowest BCUT2D eigenvalue weighted by atomic mass is 10.0. The number of nitrogens with one attached hydrogen (secondary N) is 1. The Kier molecular flexibility index (Phi) is 9.39. The van der Waals surface area contributed by atoms with Crippen LogP contribution in [0.2, 0.25) is 0 Å². The molecule has 1 aromatic rings. The molecule has 0 bridgehead atoms. The molecular formula is C27H41N3O8S. The monoisotopic (exact) mass is 567 g/mol. The summed E-state index contributed by atoms with van der Waals surface area (Å²) in [5.41, 5.74) is 4.84. The molecule has 1 heterocycles. The third kappa shape index (κ3) is 6.83. The average Bonchev–Trinajstić information content (AvgIpc) is 3.39. The van der Waals surface area contributed by atoms with Gasteiger partial charge in [0.15, 0.2) is 5.78 Å². The second-order valence-corrected chi connectivity index (χ2v) is 13.5. The molecule has 12 heteroatoms. The molecule has 0 spiro atoms. The highest BCUT2D eigenvalue weighted by Crippen LogP contribution is 2.58. The van der Waals surface area contributed by atoms with Crippen molar-refractivity contribution in [3.8, 4) is 5.75 Å². The fourth-order valence-electron chi connectivity index (χ4n) is 5.51. The predicted molar refractivity (Wildman–Crippen MR) is 147 cm³/mol. The number of amides is 1. The van der Waals surface area contributed by atoms with Gasteiger partial charge in [-0.2, -0.15) is 0 Å². The number of nitrogens with zero attached hydrogens (tertiary/aromatic N) is 1. The molecule has 0 aromatic heterocycles. The zero-order valence-electron chi connectivity index (χ0n) is 22.7. The molecular weight excluding hydrogens is 526 g/mol. The van der Waals surface area contributed by atoms with Crippen LogP contribution in [-0.2, 0) is 19.1 Å². The molecule has 6 N–H and O–H groups in total. The Labute approximate surface area is 230 Å². The van der Waals surface area contributed by atoms with E-state index in [4.69, 9.17) is 19.9 Å². The molecule has 218 valence electrons. The predicted octanol–water partition coefficient (Wildman–Crippen LogP) is 1.94. The summed E-state index contributed by atoms with van der Waals surface area (Å²) in [5.74, 6) is -0.240. The molecule has 2 aliphatic carbocycles. The largest absolute Gasteiger partial charge is 0.494 e. The van der Waals surface area contributed by atoms with Crippen LogP contribution in [0.3, 0.4) is 0 Å². The Morgan fingerprint density at radius 2 is 1.92 bits per heavy atom. The molecule has 1 saturated heterocycles. The molecule has 0 radical (unpaired) electrons. The van der Waals surface area contributed by atoms with Crippen molar-refractivity contribution in [1.29, 1.82) is 0 Å². The van der Waals surface area contributed by atoms with E-state index in [0.29, 0.717) is 38.0 Å². The van der Waals surface area contributed by atoms with Gasteiger partial charge < -0.3 is 34.7 Å². The third-order valence-corrected chi connectivity index (χ3v) is 10.5. The number of nitrogens with two attached hydrogens (primary N) is 1. The van der Waals surface area contributed by atoms with Gasteiger partial charge in [0, 0.05) is 36.0 Å². The molecule has 3 aliphatic rings. The van der Waals surface area contributed by atoms with E-state index < -0.39 is 22.4 Å². The maximum absolute atomic E-state index is 13.8. The van der Waals surface area contributed by atoms with Gasteiger partial charge in [-0.25, -0.2) is 4.31 Å². The van der Waals surface area contributed by atoms with Crippen LogP contribution in [0, 0.1) is 0 Å². The lowest BCUT2D eigenvalue weighted by Gasteiger charge is -2.47. The quantitative estimate of drug-likeness (QED) is 0.166. The zero-order valence-corrected chi connectivity index (χ0v) is 23.6. The summed E-state index contributed by atoms with van der Waals surface area (Å²) in [6.45, 7) is 4.42. The number of benzene rings is 1. The summed E-state index contributed by atoms with van der Waals surface area (Å²) >= 11 is 0. The van der Waals surface area contributed by atoms with Crippen LogP contribution >= 0.6 is 10.5 Å². The molecule has 11 nitrogen and oxygen atoms in total. The average molecular weight is 568 g/mol. The topological polar surface area (TPSA) is 164 Å². The highest BCUT2D eigenvalue weighted by Gasteiger charge is 2.61. The molecule has 39 heavy (non-hydrogen) atoms. The van der Waals surface area contributed by atoms with Gasteiger partial charge in [0.05, 0.1) is 30.9 Å². The Balaban J connectivity index is 1.46. The SMILES string of the molecule is CC(C)N(CC(=O)C1(NC(O)O)CC1c1ccc(OCCCC(N)=O)cc1)S(C)(O)C1=CCC2OCOC2C1. The lowest BCUT2D eigenvalue weighted by molar-refractivity contribution is -0.129. The van der Waals surface area contributed by atoms with Gasteiger partial charge in [-0.3, -0.25) is 14.9 Å². The van der Waals surface area contributed by atoms with Crippen molar-refractivity contribution in [2.45, 2.75) is 82.1 Å². The van der Waals surface area contributed by atoms with Gasteiger partial charge in [-0.05, 0) is 50.8 Å². The molecule has 2 fully saturated rings. The molecule has 1 saturated carbocycles.